The molecule has 0 bridgehead atoms. The minimum Gasteiger partial charge on any atom is -0.325 e. The minimum atomic E-state index is -1.37. The number of aryl methyl sites for hydroxylation is 1. The molecule has 1 atom stereocenters. The molecule has 4 nitrogen and oxygen atoms in total. The molecule has 114 valence electrons. The van der Waals surface area contributed by atoms with Crippen molar-refractivity contribution in [3.63, 3.8) is 0 Å². The second-order valence-electron chi connectivity index (χ2n) is 5.07. The van der Waals surface area contributed by atoms with Gasteiger partial charge in [-0.1, -0.05) is 48.5 Å². The number of anilines is 1. The van der Waals surface area contributed by atoms with Crippen LogP contribution in [0.3, 0.4) is 0 Å². The highest BCUT2D eigenvalue weighted by Crippen LogP contribution is 2.12. The molecule has 0 aliphatic carbocycles. The number of ketones is 1. The van der Waals surface area contributed by atoms with Crippen LogP contribution in [0.15, 0.2) is 60.7 Å². The molecule has 4 heteroatoms. The average Bonchev–Trinajstić information content (AvgIpc) is 2.54. The zero-order chi connectivity index (χ0) is 16.7. The summed E-state index contributed by atoms with van der Waals surface area (Å²) in [6.45, 7) is 1.89. The fraction of sp³-hybridized carbons (Fsp3) is 0.105. The lowest BCUT2D eigenvalue weighted by atomic mass is 10.0. The van der Waals surface area contributed by atoms with E-state index in [9.17, 15) is 9.59 Å². The zero-order valence-corrected chi connectivity index (χ0v) is 12.7. The van der Waals surface area contributed by atoms with Crippen LogP contribution in [-0.2, 0) is 9.59 Å². The Bertz CT molecular complexity index is 773. The van der Waals surface area contributed by atoms with E-state index in [0.29, 0.717) is 5.69 Å². The number of carbonyl (C=O) groups excluding carboxylic acids is 2. The van der Waals surface area contributed by atoms with Crippen LogP contribution in [0.4, 0.5) is 5.69 Å². The zero-order valence-electron chi connectivity index (χ0n) is 12.7. The molecule has 2 rings (SSSR count). The molecule has 2 aromatic carbocycles. The Labute approximate surface area is 135 Å². The van der Waals surface area contributed by atoms with Crippen molar-refractivity contribution in [3.8, 4) is 6.07 Å². The molecule has 0 radical (unpaired) electrons. The lowest BCUT2D eigenvalue weighted by Gasteiger charge is -2.08. The van der Waals surface area contributed by atoms with Gasteiger partial charge in [-0.05, 0) is 36.3 Å². The number of hydrogen-bond donors (Lipinski definition) is 1. The molecule has 0 fully saturated rings. The number of benzene rings is 2. The van der Waals surface area contributed by atoms with E-state index in [2.05, 4.69) is 5.32 Å². The number of allylic oxidation sites excluding steroid dienone is 1. The van der Waals surface area contributed by atoms with Crippen molar-refractivity contribution in [2.45, 2.75) is 6.92 Å². The van der Waals surface area contributed by atoms with Gasteiger partial charge in [0.2, 0.25) is 5.91 Å². The van der Waals surface area contributed by atoms with Gasteiger partial charge in [-0.2, -0.15) is 5.26 Å². The van der Waals surface area contributed by atoms with Crippen LogP contribution in [0.25, 0.3) is 6.08 Å². The van der Waals surface area contributed by atoms with E-state index in [4.69, 9.17) is 5.26 Å². The number of hydrogen-bond acceptors (Lipinski definition) is 3. The van der Waals surface area contributed by atoms with Crippen molar-refractivity contribution in [2.75, 3.05) is 5.32 Å². The Morgan fingerprint density at radius 1 is 1.13 bits per heavy atom. The number of rotatable bonds is 5. The summed E-state index contributed by atoms with van der Waals surface area (Å²) >= 11 is 0. The molecule has 0 unspecified atom stereocenters. The number of nitriles is 1. The van der Waals surface area contributed by atoms with Gasteiger partial charge in [-0.3, -0.25) is 9.59 Å². The van der Waals surface area contributed by atoms with E-state index in [0.717, 1.165) is 11.1 Å². The molecule has 0 saturated carbocycles. The van der Waals surface area contributed by atoms with Crippen LogP contribution in [0.5, 0.6) is 0 Å². The molecule has 23 heavy (non-hydrogen) atoms. The molecular weight excluding hydrogens is 288 g/mol. The van der Waals surface area contributed by atoms with Crippen molar-refractivity contribution >= 4 is 23.5 Å². The van der Waals surface area contributed by atoms with Crippen molar-refractivity contribution < 1.29 is 9.59 Å². The maximum absolute atomic E-state index is 12.1. The molecule has 1 amide bonds. The average molecular weight is 304 g/mol. The second-order valence-corrected chi connectivity index (χ2v) is 5.07. The van der Waals surface area contributed by atoms with E-state index < -0.39 is 17.6 Å². The molecule has 0 aliphatic heterocycles. The van der Waals surface area contributed by atoms with E-state index in [1.165, 1.54) is 6.08 Å². The van der Waals surface area contributed by atoms with Gasteiger partial charge in [0.1, 0.15) is 0 Å². The number of amides is 1. The first-order valence-corrected chi connectivity index (χ1v) is 7.14. The van der Waals surface area contributed by atoms with Gasteiger partial charge in [0, 0.05) is 5.69 Å². The van der Waals surface area contributed by atoms with E-state index in [1.54, 1.807) is 30.3 Å². The number of nitrogens with one attached hydrogen (secondary N) is 1. The Balaban J connectivity index is 2.06. The largest absolute Gasteiger partial charge is 0.325 e. The second kappa shape index (κ2) is 7.71. The fourth-order valence-electron chi connectivity index (χ4n) is 2.03. The van der Waals surface area contributed by atoms with Crippen molar-refractivity contribution in [1.82, 2.24) is 0 Å². The molecule has 0 aliphatic rings. The molecule has 0 saturated heterocycles. The van der Waals surface area contributed by atoms with E-state index in [1.807, 2.05) is 43.3 Å². The van der Waals surface area contributed by atoms with E-state index in [-0.39, 0.29) is 0 Å². The highest BCUT2D eigenvalue weighted by molar-refractivity contribution is 6.14. The topological polar surface area (TPSA) is 70.0 Å². The molecule has 0 heterocycles. The third-order valence-electron chi connectivity index (χ3n) is 3.20. The summed E-state index contributed by atoms with van der Waals surface area (Å²) in [5.41, 5.74) is 2.37. The maximum atomic E-state index is 12.1. The highest BCUT2D eigenvalue weighted by Gasteiger charge is 2.24. The predicted octanol–water partition coefficient (Wildman–Crippen LogP) is 3.36. The molecule has 2 aromatic rings. The summed E-state index contributed by atoms with van der Waals surface area (Å²) in [5.74, 6) is -2.53. The van der Waals surface area contributed by atoms with Gasteiger partial charge < -0.3 is 5.32 Å². The quantitative estimate of drug-likeness (QED) is 0.680. The summed E-state index contributed by atoms with van der Waals surface area (Å²) < 4.78 is 0. The Kier molecular flexibility index (Phi) is 5.43. The van der Waals surface area contributed by atoms with Crippen molar-refractivity contribution in [3.05, 3.63) is 71.8 Å². The molecular formula is C19H16N2O2. The monoisotopic (exact) mass is 304 g/mol. The van der Waals surface area contributed by atoms with Gasteiger partial charge in [-0.15, -0.1) is 0 Å². The van der Waals surface area contributed by atoms with Crippen LogP contribution in [0.1, 0.15) is 11.1 Å². The normalized spacial score (nSPS) is 11.7. The van der Waals surface area contributed by atoms with Crippen LogP contribution in [0.2, 0.25) is 0 Å². The first-order chi connectivity index (χ1) is 11.1. The van der Waals surface area contributed by atoms with Crippen LogP contribution >= 0.6 is 0 Å². The van der Waals surface area contributed by atoms with Gasteiger partial charge in [0.15, 0.2) is 11.7 Å². The van der Waals surface area contributed by atoms with Crippen molar-refractivity contribution in [1.29, 1.82) is 5.26 Å². The summed E-state index contributed by atoms with van der Waals surface area (Å²) in [6.07, 6.45) is 2.85. The fourth-order valence-corrected chi connectivity index (χ4v) is 2.03. The van der Waals surface area contributed by atoms with Crippen molar-refractivity contribution in [2.24, 2.45) is 5.92 Å². The van der Waals surface area contributed by atoms with Crippen LogP contribution < -0.4 is 5.32 Å². The lowest BCUT2D eigenvalue weighted by Crippen LogP contribution is -2.27. The van der Waals surface area contributed by atoms with E-state index >= 15 is 0 Å². The summed E-state index contributed by atoms with van der Waals surface area (Å²) in [6, 6.07) is 18.2. The third kappa shape index (κ3) is 4.65. The molecule has 0 spiro atoms. The lowest BCUT2D eigenvalue weighted by molar-refractivity contribution is -0.126. The smallest absolute Gasteiger partial charge is 0.249 e. The third-order valence-corrected chi connectivity index (χ3v) is 3.20. The first-order valence-electron chi connectivity index (χ1n) is 7.14. The van der Waals surface area contributed by atoms with Crippen LogP contribution in [0, 0.1) is 24.2 Å². The standard InChI is InChI=1S/C19H16N2O2/c1-14-6-5-9-16(12-14)21-19(23)17(13-20)18(22)11-10-15-7-3-2-4-8-15/h2-12,17H,1H3,(H,21,23)/b11-10+/t17-/m1/s1. The Morgan fingerprint density at radius 2 is 1.87 bits per heavy atom. The van der Waals surface area contributed by atoms with Gasteiger partial charge >= 0.3 is 0 Å². The Morgan fingerprint density at radius 3 is 2.52 bits per heavy atom. The molecule has 0 aromatic heterocycles. The highest BCUT2D eigenvalue weighted by atomic mass is 16.2. The predicted molar refractivity (Wildman–Crippen MR) is 89.4 cm³/mol. The van der Waals surface area contributed by atoms with Gasteiger partial charge in [0.05, 0.1) is 6.07 Å². The minimum absolute atomic E-state index is 0.540. The SMILES string of the molecule is Cc1cccc(NC(=O)[C@H](C#N)C(=O)/C=C/c2ccccc2)c1. The van der Waals surface area contributed by atoms with Gasteiger partial charge in [-0.25, -0.2) is 0 Å². The van der Waals surface area contributed by atoms with Gasteiger partial charge in [0.25, 0.3) is 0 Å². The Hall–Kier alpha value is -3.19. The maximum Gasteiger partial charge on any atom is 0.249 e. The molecule has 1 N–H and O–H groups in total. The summed E-state index contributed by atoms with van der Waals surface area (Å²) in [4.78, 5) is 24.2. The number of carbonyl (C=O) groups is 2. The van der Waals surface area contributed by atoms with Crippen LogP contribution in [-0.4, -0.2) is 11.7 Å². The first kappa shape index (κ1) is 16.2. The summed E-state index contributed by atoms with van der Waals surface area (Å²) in [7, 11) is 0. The number of nitrogens with zero attached hydrogens (tertiary/aromatic N) is 1. The summed E-state index contributed by atoms with van der Waals surface area (Å²) in [5, 5.41) is 11.7.